The third-order valence-electron chi connectivity index (χ3n) is 10.8. The molecule has 0 fully saturated rings. The van der Waals surface area contributed by atoms with Crippen LogP contribution in [0.3, 0.4) is 0 Å². The molecule has 2 aliphatic rings. The highest BCUT2D eigenvalue weighted by Crippen LogP contribution is 2.56. The summed E-state index contributed by atoms with van der Waals surface area (Å²) in [5, 5.41) is 0. The molecule has 0 spiro atoms. The van der Waals surface area contributed by atoms with Gasteiger partial charge in [0.1, 0.15) is 0 Å². The molecular weight excluding hydrogens is 569 g/mol. The van der Waals surface area contributed by atoms with Gasteiger partial charge in [0.2, 0.25) is 0 Å². The molecule has 2 atom stereocenters. The fourth-order valence-corrected chi connectivity index (χ4v) is 8.18. The highest BCUT2D eigenvalue weighted by Gasteiger charge is 2.47. The van der Waals surface area contributed by atoms with Crippen molar-refractivity contribution >= 4 is 22.7 Å². The van der Waals surface area contributed by atoms with Gasteiger partial charge in [-0.2, -0.15) is 0 Å². The Morgan fingerprint density at radius 2 is 1.00 bits per heavy atom. The Bertz CT molecular complexity index is 1860. The van der Waals surface area contributed by atoms with Crippen molar-refractivity contribution in [3.8, 4) is 0 Å². The summed E-state index contributed by atoms with van der Waals surface area (Å²) >= 11 is 0. The van der Waals surface area contributed by atoms with Gasteiger partial charge in [-0.15, -0.1) is 0 Å². The van der Waals surface area contributed by atoms with E-state index in [1.54, 1.807) is 0 Å². The average molecular weight is 615 g/mol. The molecule has 0 aliphatic heterocycles. The van der Waals surface area contributed by atoms with Crippen LogP contribution >= 0.6 is 0 Å². The number of nitrogens with zero attached hydrogens (tertiary/aromatic N) is 2. The molecule has 5 aromatic carbocycles. The number of rotatable bonds is 8. The van der Waals surface area contributed by atoms with Crippen molar-refractivity contribution in [2.24, 2.45) is 5.92 Å². The van der Waals surface area contributed by atoms with E-state index < -0.39 is 0 Å². The number of allylic oxidation sites excluding steroid dienone is 2. The number of anilines is 4. The van der Waals surface area contributed by atoms with Crippen molar-refractivity contribution in [3.05, 3.63) is 180 Å². The molecule has 2 nitrogen and oxygen atoms in total. The zero-order valence-corrected chi connectivity index (χ0v) is 28.6. The van der Waals surface area contributed by atoms with Crippen molar-refractivity contribution in [3.63, 3.8) is 0 Å². The lowest BCUT2D eigenvalue weighted by Gasteiger charge is -2.44. The summed E-state index contributed by atoms with van der Waals surface area (Å²) in [7, 11) is 0. The summed E-state index contributed by atoms with van der Waals surface area (Å²) in [5.41, 5.74) is 9.75. The quantitative estimate of drug-likeness (QED) is 0.172. The summed E-state index contributed by atoms with van der Waals surface area (Å²) in [6.45, 7) is 14.3. The minimum Gasteiger partial charge on any atom is -0.332 e. The van der Waals surface area contributed by atoms with Crippen molar-refractivity contribution in [1.29, 1.82) is 0 Å². The molecule has 0 amide bonds. The van der Waals surface area contributed by atoms with Crippen molar-refractivity contribution in [2.75, 3.05) is 9.80 Å². The van der Waals surface area contributed by atoms with E-state index in [2.05, 4.69) is 209 Å². The molecule has 2 unspecified atom stereocenters. The van der Waals surface area contributed by atoms with Gasteiger partial charge in [-0.1, -0.05) is 123 Å². The maximum atomic E-state index is 2.59. The first kappa shape index (κ1) is 30.8. The predicted molar refractivity (Wildman–Crippen MR) is 200 cm³/mol. The van der Waals surface area contributed by atoms with Crippen LogP contribution in [0.2, 0.25) is 0 Å². The molecular formula is C45H46N2. The van der Waals surface area contributed by atoms with Crippen molar-refractivity contribution in [2.45, 2.75) is 64.0 Å². The van der Waals surface area contributed by atoms with Gasteiger partial charge in [-0.3, -0.25) is 0 Å². The molecule has 0 saturated heterocycles. The van der Waals surface area contributed by atoms with Crippen LogP contribution in [-0.2, 0) is 11.0 Å². The Hall–Kier alpha value is -4.82. The first-order valence-electron chi connectivity index (χ1n) is 17.0. The second kappa shape index (κ2) is 11.8. The normalized spacial score (nSPS) is 18.2. The zero-order valence-electron chi connectivity index (χ0n) is 28.6. The Kier molecular flexibility index (Phi) is 7.71. The van der Waals surface area contributed by atoms with Gasteiger partial charge in [0, 0.05) is 28.7 Å². The molecule has 0 N–H and O–H groups in total. The first-order valence-corrected chi connectivity index (χ1v) is 17.0. The molecule has 5 aromatic rings. The van der Waals surface area contributed by atoms with Gasteiger partial charge < -0.3 is 9.80 Å². The predicted octanol–water partition coefficient (Wildman–Crippen LogP) is 11.9. The minimum absolute atomic E-state index is 0.0499. The number of fused-ring (bicyclic) bond motifs is 3. The SMILES string of the molecule is CC1(C)c2cc(N(c3ccccc3)C(C)(C)c3ccccc3)ccc2C2C=CC(C(C)(C)N(c3ccccc3)c3ccccc3)=CC21. The highest BCUT2D eigenvalue weighted by atomic mass is 15.2. The smallest absolute Gasteiger partial charge is 0.0646 e. The molecule has 7 rings (SSSR count). The monoisotopic (exact) mass is 614 g/mol. The zero-order chi connectivity index (χ0) is 32.8. The number of hydrogen-bond acceptors (Lipinski definition) is 2. The van der Waals surface area contributed by atoms with Gasteiger partial charge in [0.15, 0.2) is 0 Å². The largest absolute Gasteiger partial charge is 0.332 e. The molecule has 0 bridgehead atoms. The van der Waals surface area contributed by atoms with Crippen LogP contribution in [0.4, 0.5) is 22.7 Å². The van der Waals surface area contributed by atoms with Crippen molar-refractivity contribution < 1.29 is 0 Å². The lowest BCUT2D eigenvalue weighted by atomic mass is 9.71. The maximum Gasteiger partial charge on any atom is 0.0646 e. The van der Waals surface area contributed by atoms with E-state index in [1.807, 2.05) is 0 Å². The van der Waals surface area contributed by atoms with Gasteiger partial charge in [0.25, 0.3) is 0 Å². The fourth-order valence-electron chi connectivity index (χ4n) is 8.18. The number of benzene rings is 5. The van der Waals surface area contributed by atoms with Gasteiger partial charge >= 0.3 is 0 Å². The van der Waals surface area contributed by atoms with Crippen LogP contribution in [0.1, 0.15) is 64.2 Å². The molecule has 47 heavy (non-hydrogen) atoms. The van der Waals surface area contributed by atoms with Gasteiger partial charge in [0.05, 0.1) is 11.1 Å². The first-order chi connectivity index (χ1) is 22.6. The molecule has 2 heteroatoms. The van der Waals surface area contributed by atoms with Crippen LogP contribution in [0.25, 0.3) is 0 Å². The lowest BCUT2D eigenvalue weighted by molar-refractivity contribution is 0.387. The molecule has 0 aromatic heterocycles. The van der Waals surface area contributed by atoms with E-state index in [-0.39, 0.29) is 16.5 Å². The molecule has 236 valence electrons. The van der Waals surface area contributed by atoms with Gasteiger partial charge in [-0.05, 0) is 110 Å². The van der Waals surface area contributed by atoms with Crippen LogP contribution in [0, 0.1) is 5.92 Å². The van der Waals surface area contributed by atoms with Crippen molar-refractivity contribution in [1.82, 2.24) is 0 Å². The van der Waals surface area contributed by atoms with Crippen LogP contribution in [0.15, 0.2) is 163 Å². The topological polar surface area (TPSA) is 6.48 Å². The Morgan fingerprint density at radius 1 is 0.532 bits per heavy atom. The van der Waals surface area contributed by atoms with Crippen LogP contribution < -0.4 is 9.80 Å². The summed E-state index contributed by atoms with van der Waals surface area (Å²) in [6, 6.07) is 50.6. The van der Waals surface area contributed by atoms with Crippen LogP contribution in [-0.4, -0.2) is 5.54 Å². The summed E-state index contributed by atoms with van der Waals surface area (Å²) in [6.07, 6.45) is 7.46. The third-order valence-corrected chi connectivity index (χ3v) is 10.8. The standard InChI is InChI=1S/C45H46N2/c1-43(2)41-31-34(45(5,6)46(35-21-13-8-14-22-35)36-23-15-9-16-24-36)27-29-39(41)40-30-28-38(32-42(40)43)47(37-25-17-10-18-26-37)44(3,4)33-19-11-7-12-20-33/h7-32,39,41H,1-6H3. The average Bonchev–Trinajstić information content (AvgIpc) is 3.32. The summed E-state index contributed by atoms with van der Waals surface area (Å²) in [4.78, 5) is 5.00. The summed E-state index contributed by atoms with van der Waals surface area (Å²) in [5.74, 6) is 0.704. The Balaban J connectivity index is 1.29. The van der Waals surface area contributed by atoms with Gasteiger partial charge in [-0.25, -0.2) is 0 Å². The maximum absolute atomic E-state index is 2.59. The second-order valence-electron chi connectivity index (χ2n) is 14.7. The molecule has 0 radical (unpaired) electrons. The third kappa shape index (κ3) is 5.30. The second-order valence-corrected chi connectivity index (χ2v) is 14.7. The molecule has 2 aliphatic carbocycles. The Morgan fingerprint density at radius 3 is 1.51 bits per heavy atom. The van der Waals surface area contributed by atoms with E-state index >= 15 is 0 Å². The van der Waals surface area contributed by atoms with Crippen LogP contribution in [0.5, 0.6) is 0 Å². The lowest BCUT2D eigenvalue weighted by Crippen LogP contribution is -2.43. The molecule has 0 heterocycles. The Labute approximate surface area is 281 Å². The van der Waals surface area contributed by atoms with E-state index in [1.165, 1.54) is 45.0 Å². The molecule has 0 saturated carbocycles. The fraction of sp³-hybridized carbons (Fsp3) is 0.244. The minimum atomic E-state index is -0.274. The van der Waals surface area contributed by atoms with E-state index in [9.17, 15) is 0 Å². The van der Waals surface area contributed by atoms with E-state index in [0.717, 1.165) is 0 Å². The summed E-state index contributed by atoms with van der Waals surface area (Å²) < 4.78 is 0. The van der Waals surface area contributed by atoms with E-state index in [4.69, 9.17) is 0 Å². The highest BCUT2D eigenvalue weighted by molar-refractivity contribution is 5.71. The number of para-hydroxylation sites is 3. The number of hydrogen-bond donors (Lipinski definition) is 0. The van der Waals surface area contributed by atoms with E-state index in [0.29, 0.717) is 11.8 Å².